The average molecular weight is 374 g/mol. The second-order valence-electron chi connectivity index (χ2n) is 8.22. The van der Waals surface area contributed by atoms with Gasteiger partial charge in [-0.15, -0.1) is 0 Å². The van der Waals surface area contributed by atoms with Crippen LogP contribution >= 0.6 is 0 Å². The minimum absolute atomic E-state index is 0.553. The summed E-state index contributed by atoms with van der Waals surface area (Å²) < 4.78 is 2.38. The molecule has 3 aromatic rings. The summed E-state index contributed by atoms with van der Waals surface area (Å²) in [6.45, 7) is 4.46. The first-order valence-corrected chi connectivity index (χ1v) is 10.3. The topological polar surface area (TPSA) is 20.2 Å². The number of aromatic nitrogens is 1. The molecule has 0 saturated heterocycles. The zero-order chi connectivity index (χ0) is 19.7. The van der Waals surface area contributed by atoms with Gasteiger partial charge in [0.05, 0.1) is 0 Å². The van der Waals surface area contributed by atoms with Gasteiger partial charge in [-0.3, -0.25) is 0 Å². The van der Waals surface area contributed by atoms with Crippen LogP contribution in [0.15, 0.2) is 54.6 Å². The van der Waals surface area contributed by atoms with Gasteiger partial charge in [0.1, 0.15) is 0 Å². The Morgan fingerprint density at radius 1 is 1.04 bits per heavy atom. The molecule has 146 valence electrons. The highest BCUT2D eigenvalue weighted by atomic mass is 15.1. The molecule has 1 N–H and O–H groups in total. The van der Waals surface area contributed by atoms with Gasteiger partial charge in [0, 0.05) is 48.6 Å². The smallest absolute Gasteiger partial charge is 0.0455 e. The molecule has 0 aliphatic carbocycles. The van der Waals surface area contributed by atoms with Crippen LogP contribution in [0.1, 0.15) is 35.4 Å². The van der Waals surface area contributed by atoms with Gasteiger partial charge in [0.15, 0.2) is 0 Å². The second-order valence-corrected chi connectivity index (χ2v) is 8.22. The largest absolute Gasteiger partial charge is 0.382 e. The van der Waals surface area contributed by atoms with E-state index in [1.54, 1.807) is 0 Å². The van der Waals surface area contributed by atoms with Crippen molar-refractivity contribution in [3.05, 3.63) is 77.1 Å². The van der Waals surface area contributed by atoms with Crippen molar-refractivity contribution in [2.75, 3.05) is 24.3 Å². The van der Waals surface area contributed by atoms with E-state index in [0.29, 0.717) is 6.04 Å². The number of rotatable bonds is 5. The predicted molar refractivity (Wildman–Crippen MR) is 120 cm³/mol. The standard InChI is InChI=1S/C25H31N3/c1-18-16-20(19(2)28(18)23-8-6-5-7-9-23)10-12-22-13-11-21-17-24(27(3)4)14-15-25(21)26-22/h5-9,14-17,22,26H,10-13H2,1-4H3. The first-order valence-electron chi connectivity index (χ1n) is 10.3. The maximum atomic E-state index is 3.78. The van der Waals surface area contributed by atoms with Gasteiger partial charge in [0.25, 0.3) is 0 Å². The molecule has 1 aliphatic heterocycles. The number of para-hydroxylation sites is 1. The molecule has 0 amide bonds. The Balaban J connectivity index is 1.45. The highest BCUT2D eigenvalue weighted by Gasteiger charge is 2.19. The molecule has 3 heteroatoms. The lowest BCUT2D eigenvalue weighted by Crippen LogP contribution is -2.26. The first kappa shape index (κ1) is 18.7. The van der Waals surface area contributed by atoms with Crippen molar-refractivity contribution in [2.24, 2.45) is 0 Å². The van der Waals surface area contributed by atoms with Crippen molar-refractivity contribution in [2.45, 2.75) is 45.6 Å². The van der Waals surface area contributed by atoms with Crippen molar-refractivity contribution in [1.29, 1.82) is 0 Å². The summed E-state index contributed by atoms with van der Waals surface area (Å²) in [7, 11) is 4.21. The lowest BCUT2D eigenvalue weighted by molar-refractivity contribution is 0.586. The molecular formula is C25H31N3. The third-order valence-electron chi connectivity index (χ3n) is 6.04. The summed E-state index contributed by atoms with van der Waals surface area (Å²) >= 11 is 0. The Morgan fingerprint density at radius 3 is 2.57 bits per heavy atom. The van der Waals surface area contributed by atoms with E-state index < -0.39 is 0 Å². The molecule has 2 heterocycles. The van der Waals surface area contributed by atoms with Crippen LogP contribution in [0.3, 0.4) is 0 Å². The second kappa shape index (κ2) is 7.75. The monoisotopic (exact) mass is 373 g/mol. The highest BCUT2D eigenvalue weighted by molar-refractivity contribution is 5.62. The molecule has 1 aliphatic rings. The maximum absolute atomic E-state index is 3.78. The average Bonchev–Trinajstić information content (AvgIpc) is 2.99. The summed E-state index contributed by atoms with van der Waals surface area (Å²) in [5, 5.41) is 3.78. The summed E-state index contributed by atoms with van der Waals surface area (Å²) in [5.41, 5.74) is 9.46. The molecule has 0 spiro atoms. The van der Waals surface area contributed by atoms with Crippen molar-refractivity contribution < 1.29 is 0 Å². The fourth-order valence-corrected chi connectivity index (χ4v) is 4.43. The fourth-order valence-electron chi connectivity index (χ4n) is 4.43. The lowest BCUT2D eigenvalue weighted by atomic mass is 9.93. The Hall–Kier alpha value is -2.68. The van der Waals surface area contributed by atoms with E-state index in [1.807, 2.05) is 0 Å². The van der Waals surface area contributed by atoms with Gasteiger partial charge in [-0.1, -0.05) is 18.2 Å². The van der Waals surface area contributed by atoms with E-state index >= 15 is 0 Å². The van der Waals surface area contributed by atoms with Crippen LogP contribution in [0, 0.1) is 13.8 Å². The molecule has 3 nitrogen and oxygen atoms in total. The van der Waals surface area contributed by atoms with Crippen LogP contribution in [0.2, 0.25) is 0 Å². The van der Waals surface area contributed by atoms with E-state index in [4.69, 9.17) is 0 Å². The molecule has 0 saturated carbocycles. The third kappa shape index (κ3) is 3.66. The highest BCUT2D eigenvalue weighted by Crippen LogP contribution is 2.30. The van der Waals surface area contributed by atoms with Gasteiger partial charge in [-0.2, -0.15) is 0 Å². The molecule has 1 unspecified atom stereocenters. The van der Waals surface area contributed by atoms with Crippen LogP contribution in [0.5, 0.6) is 0 Å². The zero-order valence-electron chi connectivity index (χ0n) is 17.5. The van der Waals surface area contributed by atoms with E-state index in [0.717, 1.165) is 12.8 Å². The van der Waals surface area contributed by atoms with Crippen molar-refractivity contribution in [1.82, 2.24) is 4.57 Å². The van der Waals surface area contributed by atoms with Crippen LogP contribution in [0.4, 0.5) is 11.4 Å². The quantitative estimate of drug-likeness (QED) is 0.635. The fraction of sp³-hybridized carbons (Fsp3) is 0.360. The first-order chi connectivity index (χ1) is 13.5. The molecule has 0 fully saturated rings. The molecule has 0 bridgehead atoms. The van der Waals surface area contributed by atoms with Gasteiger partial charge in [-0.25, -0.2) is 0 Å². The van der Waals surface area contributed by atoms with Crippen LogP contribution in [-0.2, 0) is 12.8 Å². The summed E-state index contributed by atoms with van der Waals surface area (Å²) in [6.07, 6.45) is 4.67. The normalized spacial score (nSPS) is 15.8. The van der Waals surface area contributed by atoms with Gasteiger partial charge >= 0.3 is 0 Å². The number of nitrogens with zero attached hydrogens (tertiary/aromatic N) is 2. The van der Waals surface area contributed by atoms with E-state index in [2.05, 4.69) is 97.3 Å². The lowest BCUT2D eigenvalue weighted by Gasteiger charge is -2.28. The molecule has 0 radical (unpaired) electrons. The minimum atomic E-state index is 0.553. The van der Waals surface area contributed by atoms with Crippen molar-refractivity contribution >= 4 is 11.4 Å². The number of fused-ring (bicyclic) bond motifs is 1. The third-order valence-corrected chi connectivity index (χ3v) is 6.04. The number of hydrogen-bond acceptors (Lipinski definition) is 2. The van der Waals surface area contributed by atoms with Crippen molar-refractivity contribution in [3.8, 4) is 5.69 Å². The van der Waals surface area contributed by atoms with E-state index in [-0.39, 0.29) is 0 Å². The van der Waals surface area contributed by atoms with Crippen LogP contribution in [-0.4, -0.2) is 24.7 Å². The summed E-state index contributed by atoms with van der Waals surface area (Å²) in [5.74, 6) is 0. The van der Waals surface area contributed by atoms with Crippen molar-refractivity contribution in [3.63, 3.8) is 0 Å². The Labute approximate surface area is 169 Å². The maximum Gasteiger partial charge on any atom is 0.0455 e. The summed E-state index contributed by atoms with van der Waals surface area (Å²) in [4.78, 5) is 2.18. The van der Waals surface area contributed by atoms with Crippen LogP contribution < -0.4 is 10.2 Å². The van der Waals surface area contributed by atoms with E-state index in [9.17, 15) is 0 Å². The zero-order valence-corrected chi connectivity index (χ0v) is 17.5. The van der Waals surface area contributed by atoms with Gasteiger partial charge in [0.2, 0.25) is 0 Å². The number of nitrogens with one attached hydrogen (secondary N) is 1. The Kier molecular flexibility index (Phi) is 5.17. The number of benzene rings is 2. The SMILES string of the molecule is Cc1cc(CCC2CCc3cc(N(C)C)ccc3N2)c(C)n1-c1ccccc1. The molecule has 1 aromatic heterocycles. The molecule has 1 atom stereocenters. The minimum Gasteiger partial charge on any atom is -0.382 e. The Bertz CT molecular complexity index is 953. The number of aryl methyl sites for hydroxylation is 3. The molecule has 28 heavy (non-hydrogen) atoms. The predicted octanol–water partition coefficient (Wildman–Crippen LogP) is 5.52. The number of hydrogen-bond donors (Lipinski definition) is 1. The van der Waals surface area contributed by atoms with Gasteiger partial charge in [-0.05, 0) is 87.1 Å². The number of anilines is 2. The molecular weight excluding hydrogens is 342 g/mol. The van der Waals surface area contributed by atoms with Gasteiger partial charge < -0.3 is 14.8 Å². The molecule has 4 rings (SSSR count). The molecule has 2 aromatic carbocycles. The Morgan fingerprint density at radius 2 is 1.82 bits per heavy atom. The summed E-state index contributed by atoms with van der Waals surface area (Å²) in [6, 6.07) is 20.4. The van der Waals surface area contributed by atoms with E-state index in [1.165, 1.54) is 52.4 Å². The van der Waals surface area contributed by atoms with Crippen LogP contribution in [0.25, 0.3) is 5.69 Å².